The Morgan fingerprint density at radius 3 is 2.34 bits per heavy atom. The number of nitrogens with two attached hydrogens (primary N) is 1. The molecule has 12 nitrogen and oxygen atoms in total. The summed E-state index contributed by atoms with van der Waals surface area (Å²) in [5.74, 6) is -3.04. The van der Waals surface area contributed by atoms with E-state index < -0.39 is 47.9 Å². The first kappa shape index (κ1) is 25.4. The molecule has 4 atom stereocenters. The summed E-state index contributed by atoms with van der Waals surface area (Å²) in [7, 11) is 0. The highest BCUT2D eigenvalue weighted by molar-refractivity contribution is 5.94. The maximum atomic E-state index is 13.2. The van der Waals surface area contributed by atoms with Crippen molar-refractivity contribution in [1.29, 1.82) is 0 Å². The highest BCUT2D eigenvalue weighted by Gasteiger charge is 2.29. The maximum Gasteiger partial charge on any atom is 0.326 e. The van der Waals surface area contributed by atoms with Crippen LogP contribution in [0.2, 0.25) is 0 Å². The molecule has 3 amide bonds. The molecule has 0 aliphatic carbocycles. The second-order valence-corrected chi connectivity index (χ2v) is 8.32. The zero-order valence-corrected chi connectivity index (χ0v) is 19.4. The van der Waals surface area contributed by atoms with E-state index >= 15 is 0 Å². The number of hydrogen-bond acceptors (Lipinski definition) is 6. The average molecular weight is 484 g/mol. The molecule has 2 aromatic heterocycles. The fourth-order valence-corrected chi connectivity index (χ4v) is 3.53. The minimum absolute atomic E-state index is 0.0182. The molecule has 0 bridgehead atoms. The number of nitrogens with one attached hydrogen (secondary N) is 5. The first-order valence-electron chi connectivity index (χ1n) is 11.1. The molecule has 1 aromatic carbocycles. The third-order valence-corrected chi connectivity index (χ3v) is 5.49. The summed E-state index contributed by atoms with van der Waals surface area (Å²) in [6.45, 7) is 2.95. The van der Waals surface area contributed by atoms with Crippen molar-refractivity contribution in [2.24, 2.45) is 5.73 Å². The Kier molecular flexibility index (Phi) is 8.21. The van der Waals surface area contributed by atoms with Gasteiger partial charge in [0.05, 0.1) is 12.4 Å². The van der Waals surface area contributed by atoms with Crippen LogP contribution in [0.3, 0.4) is 0 Å². The van der Waals surface area contributed by atoms with Gasteiger partial charge in [0, 0.05) is 41.8 Å². The number of amides is 3. The number of carbonyl (C=O) groups is 4. The van der Waals surface area contributed by atoms with Crippen LogP contribution < -0.4 is 21.7 Å². The molecule has 0 radical (unpaired) electrons. The van der Waals surface area contributed by atoms with Gasteiger partial charge >= 0.3 is 5.97 Å². The number of aliphatic carboxylic acids is 1. The number of carboxylic acid groups (broad SMARTS) is 1. The number of nitrogens with zero attached hydrogens (tertiary/aromatic N) is 1. The number of H-pyrrole nitrogens is 2. The minimum Gasteiger partial charge on any atom is -0.480 e. The van der Waals surface area contributed by atoms with E-state index in [9.17, 15) is 24.3 Å². The van der Waals surface area contributed by atoms with Crippen LogP contribution in [0.5, 0.6) is 0 Å². The number of para-hydroxylation sites is 1. The van der Waals surface area contributed by atoms with Gasteiger partial charge in [-0.1, -0.05) is 18.2 Å². The molecular weight excluding hydrogens is 454 g/mol. The molecule has 0 spiro atoms. The van der Waals surface area contributed by atoms with Gasteiger partial charge in [-0.15, -0.1) is 0 Å². The molecule has 12 heteroatoms. The second-order valence-electron chi connectivity index (χ2n) is 8.32. The summed E-state index contributed by atoms with van der Waals surface area (Å²) in [5.41, 5.74) is 7.68. The molecule has 186 valence electrons. The van der Waals surface area contributed by atoms with E-state index in [1.807, 2.05) is 24.3 Å². The summed E-state index contributed by atoms with van der Waals surface area (Å²) in [6, 6.07) is 3.33. The highest BCUT2D eigenvalue weighted by atomic mass is 16.4. The van der Waals surface area contributed by atoms with E-state index in [-0.39, 0.29) is 12.8 Å². The van der Waals surface area contributed by atoms with Gasteiger partial charge in [-0.3, -0.25) is 14.4 Å². The molecule has 3 aromatic rings. The average Bonchev–Trinajstić information content (AvgIpc) is 3.48. The SMILES string of the molecule is CC(N)C(=O)NC(C)C(=O)NC(Cc1c[nH]c2ccccc12)C(=O)NC(Cc1cnc[nH]1)C(=O)O. The summed E-state index contributed by atoms with van der Waals surface area (Å²) >= 11 is 0. The van der Waals surface area contributed by atoms with Crippen LogP contribution >= 0.6 is 0 Å². The van der Waals surface area contributed by atoms with Gasteiger partial charge in [0.15, 0.2) is 0 Å². The van der Waals surface area contributed by atoms with Crippen molar-refractivity contribution in [3.8, 4) is 0 Å². The molecule has 2 heterocycles. The van der Waals surface area contributed by atoms with Crippen LogP contribution in [-0.2, 0) is 32.0 Å². The van der Waals surface area contributed by atoms with Gasteiger partial charge in [0.25, 0.3) is 0 Å². The lowest BCUT2D eigenvalue weighted by Crippen LogP contribution is -2.57. The zero-order chi connectivity index (χ0) is 25.5. The predicted octanol–water partition coefficient (Wildman–Crippen LogP) is -0.418. The van der Waals surface area contributed by atoms with Crippen molar-refractivity contribution < 1.29 is 24.3 Å². The van der Waals surface area contributed by atoms with E-state index in [0.717, 1.165) is 16.5 Å². The summed E-state index contributed by atoms with van der Waals surface area (Å²) < 4.78 is 0. The zero-order valence-electron chi connectivity index (χ0n) is 19.4. The quantitative estimate of drug-likeness (QED) is 0.192. The lowest BCUT2D eigenvalue weighted by molar-refractivity contribution is -0.142. The fraction of sp³-hybridized carbons (Fsp3) is 0.348. The lowest BCUT2D eigenvalue weighted by Gasteiger charge is -2.23. The monoisotopic (exact) mass is 483 g/mol. The van der Waals surface area contributed by atoms with Gasteiger partial charge in [-0.2, -0.15) is 0 Å². The standard InChI is InChI=1S/C23H29N7O5/c1-12(24)20(31)28-13(2)21(32)29-18(7-14-9-26-17-6-4-3-5-16(14)17)22(33)30-19(23(34)35)8-15-10-25-11-27-15/h3-6,9-13,18-19,26H,7-8,24H2,1-2H3,(H,25,27)(H,28,31)(H,29,32)(H,30,33)(H,34,35). The first-order valence-corrected chi connectivity index (χ1v) is 11.1. The van der Waals surface area contributed by atoms with Crippen LogP contribution in [0.4, 0.5) is 0 Å². The third-order valence-electron chi connectivity index (χ3n) is 5.49. The van der Waals surface area contributed by atoms with Gasteiger partial charge in [0.2, 0.25) is 17.7 Å². The van der Waals surface area contributed by atoms with Crippen LogP contribution in [0.15, 0.2) is 43.0 Å². The number of imidazole rings is 1. The number of hydrogen-bond donors (Lipinski definition) is 7. The molecule has 0 saturated heterocycles. The van der Waals surface area contributed by atoms with Crippen molar-refractivity contribution in [2.45, 2.75) is 50.9 Å². The Morgan fingerprint density at radius 2 is 1.69 bits per heavy atom. The highest BCUT2D eigenvalue weighted by Crippen LogP contribution is 2.19. The van der Waals surface area contributed by atoms with Crippen LogP contribution in [0.25, 0.3) is 10.9 Å². The van der Waals surface area contributed by atoms with Crippen molar-refractivity contribution in [3.05, 3.63) is 54.2 Å². The van der Waals surface area contributed by atoms with Crippen molar-refractivity contribution in [2.75, 3.05) is 0 Å². The number of aromatic amines is 2. The molecule has 0 aliphatic rings. The minimum atomic E-state index is -1.25. The van der Waals surface area contributed by atoms with E-state index in [2.05, 4.69) is 30.9 Å². The fourth-order valence-electron chi connectivity index (χ4n) is 3.53. The van der Waals surface area contributed by atoms with Crippen molar-refractivity contribution >= 4 is 34.6 Å². The van der Waals surface area contributed by atoms with Crippen molar-refractivity contribution in [3.63, 3.8) is 0 Å². The molecule has 0 fully saturated rings. The van der Waals surface area contributed by atoms with Gasteiger partial charge in [-0.25, -0.2) is 9.78 Å². The summed E-state index contributed by atoms with van der Waals surface area (Å²) in [5, 5.41) is 18.1. The Hall–Kier alpha value is -4.19. The maximum absolute atomic E-state index is 13.2. The number of rotatable bonds is 11. The molecule has 4 unspecified atom stereocenters. The number of aromatic nitrogens is 3. The Morgan fingerprint density at radius 1 is 0.971 bits per heavy atom. The van der Waals surface area contributed by atoms with Crippen LogP contribution in [0, 0.1) is 0 Å². The van der Waals surface area contributed by atoms with E-state index in [0.29, 0.717) is 5.69 Å². The van der Waals surface area contributed by atoms with E-state index in [1.165, 1.54) is 26.4 Å². The Balaban J connectivity index is 1.80. The van der Waals surface area contributed by atoms with Crippen LogP contribution in [-0.4, -0.2) is 67.9 Å². The molecule has 35 heavy (non-hydrogen) atoms. The van der Waals surface area contributed by atoms with E-state index in [1.54, 1.807) is 6.20 Å². The van der Waals surface area contributed by atoms with Gasteiger partial charge in [0.1, 0.15) is 18.1 Å². The van der Waals surface area contributed by atoms with Gasteiger partial charge < -0.3 is 36.8 Å². The summed E-state index contributed by atoms with van der Waals surface area (Å²) in [4.78, 5) is 59.5. The summed E-state index contributed by atoms with van der Waals surface area (Å²) in [6.07, 6.45) is 4.68. The smallest absolute Gasteiger partial charge is 0.326 e. The lowest BCUT2D eigenvalue weighted by atomic mass is 10.0. The molecule has 0 aliphatic heterocycles. The Bertz CT molecular complexity index is 1190. The number of carbonyl (C=O) groups excluding carboxylic acids is 3. The predicted molar refractivity (Wildman–Crippen MR) is 127 cm³/mol. The molecule has 8 N–H and O–H groups in total. The van der Waals surface area contributed by atoms with E-state index in [4.69, 9.17) is 5.73 Å². The number of carboxylic acids is 1. The van der Waals surface area contributed by atoms with Gasteiger partial charge in [-0.05, 0) is 25.5 Å². The van der Waals surface area contributed by atoms with Crippen LogP contribution in [0.1, 0.15) is 25.1 Å². The number of fused-ring (bicyclic) bond motifs is 1. The largest absolute Gasteiger partial charge is 0.480 e. The molecule has 0 saturated carbocycles. The molecule has 3 rings (SSSR count). The van der Waals surface area contributed by atoms with Crippen molar-refractivity contribution in [1.82, 2.24) is 30.9 Å². The molecular formula is C23H29N7O5. The first-order chi connectivity index (χ1) is 16.7. The normalized spacial score (nSPS) is 14.5. The topological polar surface area (TPSA) is 195 Å². The number of benzene rings is 1. The second kappa shape index (κ2) is 11.3. The Labute approximate surface area is 201 Å². The third kappa shape index (κ3) is 6.67.